The molecule has 0 N–H and O–H groups in total. The number of imide groups is 1. The van der Waals surface area contributed by atoms with Crippen molar-refractivity contribution < 1.29 is 18.8 Å². The Morgan fingerprint density at radius 3 is 2.52 bits per heavy atom. The van der Waals surface area contributed by atoms with E-state index in [1.807, 2.05) is 12.1 Å². The smallest absolute Gasteiger partial charge is 0.327 e. The Bertz CT molecular complexity index is 593. The van der Waals surface area contributed by atoms with Gasteiger partial charge in [0.1, 0.15) is 18.8 Å². The second-order valence-corrected chi connectivity index (χ2v) is 5.85. The maximum absolute atomic E-state index is 12.3. The molecule has 0 atom stereocenters. The fourth-order valence-electron chi connectivity index (χ4n) is 2.84. The van der Waals surface area contributed by atoms with Crippen LogP contribution in [0.5, 0.6) is 0 Å². The summed E-state index contributed by atoms with van der Waals surface area (Å²) < 4.78 is 5.32. The fourth-order valence-corrected chi connectivity index (χ4v) is 2.84. The fraction of sp³-hybridized carbons (Fsp3) is 0.533. The summed E-state index contributed by atoms with van der Waals surface area (Å²) in [5.41, 5.74) is 0. The minimum atomic E-state index is -0.403. The lowest BCUT2D eigenvalue weighted by Gasteiger charge is -2.34. The topological polar surface area (TPSA) is 77.3 Å². The molecule has 0 aliphatic carbocycles. The van der Waals surface area contributed by atoms with Crippen LogP contribution in [0.3, 0.4) is 0 Å². The first-order valence-electron chi connectivity index (χ1n) is 7.62. The van der Waals surface area contributed by atoms with E-state index >= 15 is 0 Å². The molecule has 1 aromatic heterocycles. The van der Waals surface area contributed by atoms with Crippen LogP contribution in [0, 0.1) is 0 Å². The van der Waals surface area contributed by atoms with Gasteiger partial charge in [0.2, 0.25) is 5.91 Å². The summed E-state index contributed by atoms with van der Waals surface area (Å²) in [6.07, 6.45) is 1.65. The van der Waals surface area contributed by atoms with Gasteiger partial charge >= 0.3 is 6.03 Å². The van der Waals surface area contributed by atoms with E-state index in [9.17, 15) is 14.4 Å². The van der Waals surface area contributed by atoms with Crippen LogP contribution in [0.15, 0.2) is 22.8 Å². The van der Waals surface area contributed by atoms with Crippen LogP contribution in [0.2, 0.25) is 0 Å². The lowest BCUT2D eigenvalue weighted by atomic mass is 10.3. The predicted molar refractivity (Wildman–Crippen MR) is 80.3 cm³/mol. The van der Waals surface area contributed by atoms with Gasteiger partial charge in [0, 0.05) is 33.2 Å². The van der Waals surface area contributed by atoms with E-state index in [0.29, 0.717) is 13.1 Å². The van der Waals surface area contributed by atoms with Crippen LogP contribution in [0.25, 0.3) is 0 Å². The summed E-state index contributed by atoms with van der Waals surface area (Å²) in [4.78, 5) is 42.1. The van der Waals surface area contributed by atoms with Crippen molar-refractivity contribution in [3.63, 3.8) is 0 Å². The molecule has 3 rings (SSSR count). The highest BCUT2D eigenvalue weighted by Crippen LogP contribution is 2.11. The van der Waals surface area contributed by atoms with Crippen molar-refractivity contribution in [2.45, 2.75) is 6.54 Å². The molecule has 8 nitrogen and oxygen atoms in total. The van der Waals surface area contributed by atoms with Gasteiger partial charge in [0.15, 0.2) is 0 Å². The molecule has 0 unspecified atom stereocenters. The average molecular weight is 320 g/mol. The van der Waals surface area contributed by atoms with Crippen molar-refractivity contribution in [2.24, 2.45) is 0 Å². The molecule has 1 aromatic rings. The molecular weight excluding hydrogens is 300 g/mol. The number of carbonyl (C=O) groups excluding carboxylic acids is 3. The minimum Gasteiger partial charge on any atom is -0.468 e. The van der Waals surface area contributed by atoms with Crippen LogP contribution in [-0.2, 0) is 16.1 Å². The summed E-state index contributed by atoms with van der Waals surface area (Å²) in [5.74, 6) is 0.406. The quantitative estimate of drug-likeness (QED) is 0.719. The lowest BCUT2D eigenvalue weighted by Crippen LogP contribution is -2.51. The average Bonchev–Trinajstić information content (AvgIpc) is 3.12. The minimum absolute atomic E-state index is 0.0447. The molecule has 2 aliphatic rings. The Hall–Kier alpha value is -2.35. The monoisotopic (exact) mass is 320 g/mol. The van der Waals surface area contributed by atoms with Crippen molar-refractivity contribution in [3.05, 3.63) is 24.2 Å². The second-order valence-electron chi connectivity index (χ2n) is 5.85. The number of hydrogen-bond donors (Lipinski definition) is 0. The number of piperazine rings is 1. The Kier molecular flexibility index (Phi) is 4.33. The largest absolute Gasteiger partial charge is 0.468 e. The molecule has 0 bridgehead atoms. The van der Waals surface area contributed by atoms with E-state index in [-0.39, 0.29) is 24.9 Å². The maximum atomic E-state index is 12.3. The van der Waals surface area contributed by atoms with Gasteiger partial charge in [0.05, 0.1) is 12.8 Å². The number of likely N-dealkylation sites (N-methyl/N-ethyl adjacent to an activating group) is 1. The molecule has 2 fully saturated rings. The van der Waals surface area contributed by atoms with Gasteiger partial charge in [-0.3, -0.25) is 19.4 Å². The molecule has 4 amide bonds. The third-order valence-electron chi connectivity index (χ3n) is 4.21. The first kappa shape index (κ1) is 15.5. The number of carbonyl (C=O) groups is 3. The molecular formula is C15H20N4O4. The predicted octanol–water partition coefficient (Wildman–Crippen LogP) is -0.182. The van der Waals surface area contributed by atoms with Gasteiger partial charge in [0.25, 0.3) is 5.91 Å². The first-order valence-corrected chi connectivity index (χ1v) is 7.62. The molecule has 0 aromatic carbocycles. The summed E-state index contributed by atoms with van der Waals surface area (Å²) >= 11 is 0. The summed E-state index contributed by atoms with van der Waals surface area (Å²) in [7, 11) is 1.55. The molecule has 3 heterocycles. The van der Waals surface area contributed by atoms with Gasteiger partial charge in [-0.25, -0.2) is 4.79 Å². The number of rotatable bonds is 4. The number of hydrogen-bond acceptors (Lipinski definition) is 5. The van der Waals surface area contributed by atoms with Gasteiger partial charge in [-0.05, 0) is 12.1 Å². The molecule has 124 valence electrons. The second kappa shape index (κ2) is 6.41. The molecule has 0 saturated carbocycles. The van der Waals surface area contributed by atoms with E-state index in [1.165, 1.54) is 4.90 Å². The van der Waals surface area contributed by atoms with E-state index < -0.39 is 6.03 Å². The molecule has 2 aliphatic heterocycles. The van der Waals surface area contributed by atoms with Gasteiger partial charge in [-0.1, -0.05) is 0 Å². The highest BCUT2D eigenvalue weighted by atomic mass is 16.3. The van der Waals surface area contributed by atoms with E-state index in [0.717, 1.165) is 30.3 Å². The van der Waals surface area contributed by atoms with Crippen molar-refractivity contribution in [3.8, 4) is 0 Å². The normalized spacial score (nSPS) is 19.8. The summed E-state index contributed by atoms with van der Waals surface area (Å²) in [6.45, 7) is 3.27. The maximum Gasteiger partial charge on any atom is 0.327 e. The van der Waals surface area contributed by atoms with E-state index in [2.05, 4.69) is 4.90 Å². The Balaban J connectivity index is 1.48. The van der Waals surface area contributed by atoms with Crippen LogP contribution in [0.1, 0.15) is 5.76 Å². The molecule has 0 radical (unpaired) electrons. The Morgan fingerprint density at radius 2 is 1.96 bits per heavy atom. The van der Waals surface area contributed by atoms with Crippen molar-refractivity contribution >= 4 is 17.8 Å². The third kappa shape index (κ3) is 3.37. The van der Waals surface area contributed by atoms with Crippen LogP contribution < -0.4 is 0 Å². The van der Waals surface area contributed by atoms with Crippen LogP contribution in [-0.4, -0.2) is 83.8 Å². The summed E-state index contributed by atoms with van der Waals surface area (Å²) in [6, 6.07) is 3.38. The zero-order valence-electron chi connectivity index (χ0n) is 13.1. The number of nitrogens with zero attached hydrogens (tertiary/aromatic N) is 4. The van der Waals surface area contributed by atoms with Gasteiger partial charge < -0.3 is 14.2 Å². The van der Waals surface area contributed by atoms with Gasteiger partial charge in [-0.2, -0.15) is 0 Å². The zero-order valence-corrected chi connectivity index (χ0v) is 13.1. The highest BCUT2D eigenvalue weighted by molar-refractivity contribution is 6.04. The van der Waals surface area contributed by atoms with Crippen molar-refractivity contribution in [2.75, 3.05) is 46.3 Å². The SMILES string of the molecule is CN1CC(=O)N(CC(=O)N2CCN(Cc3ccco3)CC2)C1=O. The molecule has 8 heteroatoms. The highest BCUT2D eigenvalue weighted by Gasteiger charge is 2.36. The van der Waals surface area contributed by atoms with E-state index in [4.69, 9.17) is 4.42 Å². The molecule has 23 heavy (non-hydrogen) atoms. The van der Waals surface area contributed by atoms with Crippen molar-refractivity contribution in [1.82, 2.24) is 19.6 Å². The lowest BCUT2D eigenvalue weighted by molar-refractivity contribution is -0.137. The standard InChI is InChI=1S/C15H20N4O4/c1-16-10-14(21)19(15(16)22)11-13(20)18-6-4-17(5-7-18)9-12-3-2-8-23-12/h2-3,8H,4-7,9-11H2,1H3. The number of urea groups is 1. The third-order valence-corrected chi connectivity index (χ3v) is 4.21. The van der Waals surface area contributed by atoms with Gasteiger partial charge in [-0.15, -0.1) is 0 Å². The molecule has 2 saturated heterocycles. The van der Waals surface area contributed by atoms with Crippen LogP contribution >= 0.6 is 0 Å². The first-order chi connectivity index (χ1) is 11.0. The summed E-state index contributed by atoms with van der Waals surface area (Å²) in [5, 5.41) is 0. The van der Waals surface area contributed by atoms with Crippen LogP contribution in [0.4, 0.5) is 4.79 Å². The number of furan rings is 1. The Morgan fingerprint density at radius 1 is 1.22 bits per heavy atom. The van der Waals surface area contributed by atoms with E-state index in [1.54, 1.807) is 18.2 Å². The Labute approximate surface area is 134 Å². The number of amides is 4. The molecule has 0 spiro atoms. The zero-order chi connectivity index (χ0) is 16.4. The van der Waals surface area contributed by atoms with Crippen molar-refractivity contribution in [1.29, 1.82) is 0 Å².